The maximum absolute atomic E-state index is 12.3. The number of hydrogen-bond acceptors (Lipinski definition) is 4. The summed E-state index contributed by atoms with van der Waals surface area (Å²) in [5, 5.41) is 0.812. The number of esters is 1. The zero-order valence-corrected chi connectivity index (χ0v) is 17.4. The molecule has 2 aromatic carbocycles. The summed E-state index contributed by atoms with van der Waals surface area (Å²) in [7, 11) is 0. The number of benzene rings is 2. The fourth-order valence-corrected chi connectivity index (χ4v) is 2.47. The van der Waals surface area contributed by atoms with Crippen LogP contribution in [0.15, 0.2) is 48.5 Å². The van der Waals surface area contributed by atoms with Gasteiger partial charge in [0.2, 0.25) is 0 Å². The Morgan fingerprint density at radius 3 is 1.77 bits per heavy atom. The summed E-state index contributed by atoms with van der Waals surface area (Å²) >= 11 is 3.42. The Morgan fingerprint density at radius 2 is 1.31 bits per heavy atom. The third-order valence-electron chi connectivity index (χ3n) is 3.40. The lowest BCUT2D eigenvalue weighted by molar-refractivity contribution is -0.170. The van der Waals surface area contributed by atoms with Crippen molar-refractivity contribution in [3.8, 4) is 17.2 Å². The van der Waals surface area contributed by atoms with Crippen LogP contribution in [-0.2, 0) is 14.9 Å². The molecule has 26 heavy (non-hydrogen) atoms. The third-order valence-corrected chi connectivity index (χ3v) is 4.05. The van der Waals surface area contributed by atoms with Crippen LogP contribution < -0.4 is 9.47 Å². The molecule has 0 spiro atoms. The Hall–Kier alpha value is -2.01. The molecule has 140 valence electrons. The van der Waals surface area contributed by atoms with Crippen LogP contribution in [0.2, 0.25) is 0 Å². The molecular weight excluding hydrogens is 396 g/mol. The van der Waals surface area contributed by atoms with Crippen molar-refractivity contribution < 1.29 is 19.0 Å². The van der Waals surface area contributed by atoms with E-state index in [0.29, 0.717) is 11.5 Å². The van der Waals surface area contributed by atoms with Gasteiger partial charge in [0.1, 0.15) is 22.8 Å². The van der Waals surface area contributed by atoms with E-state index >= 15 is 0 Å². The Morgan fingerprint density at radius 1 is 0.846 bits per heavy atom. The molecule has 0 aliphatic rings. The van der Waals surface area contributed by atoms with E-state index in [0.717, 1.165) is 11.1 Å². The highest BCUT2D eigenvalue weighted by atomic mass is 79.9. The molecule has 0 aromatic heterocycles. The molecule has 0 radical (unpaired) electrons. The highest BCUT2D eigenvalue weighted by Crippen LogP contribution is 2.27. The highest BCUT2D eigenvalue weighted by molar-refractivity contribution is 9.08. The molecule has 2 aromatic rings. The van der Waals surface area contributed by atoms with Gasteiger partial charge in [-0.2, -0.15) is 0 Å². The van der Waals surface area contributed by atoms with Gasteiger partial charge in [0, 0.05) is 5.33 Å². The average molecular weight is 421 g/mol. The van der Waals surface area contributed by atoms with Crippen molar-refractivity contribution >= 4 is 21.9 Å². The van der Waals surface area contributed by atoms with E-state index in [1.165, 1.54) is 5.56 Å². The van der Waals surface area contributed by atoms with Gasteiger partial charge < -0.3 is 14.2 Å². The Balaban J connectivity index is 2.00. The summed E-state index contributed by atoms with van der Waals surface area (Å²) < 4.78 is 17.0. The van der Waals surface area contributed by atoms with E-state index in [4.69, 9.17) is 14.2 Å². The summed E-state index contributed by atoms with van der Waals surface area (Å²) in [6.07, 6.45) is 0. The second-order valence-corrected chi connectivity index (χ2v) is 8.03. The van der Waals surface area contributed by atoms with Crippen LogP contribution in [0, 0.1) is 0 Å². The van der Waals surface area contributed by atoms with Crippen LogP contribution in [0.4, 0.5) is 0 Å². The van der Waals surface area contributed by atoms with Gasteiger partial charge in [0.05, 0.1) is 0 Å². The van der Waals surface area contributed by atoms with Gasteiger partial charge >= 0.3 is 5.97 Å². The first kappa shape index (κ1) is 20.3. The molecule has 5 heteroatoms. The second kappa shape index (κ2) is 8.12. The molecule has 0 unspecified atom stereocenters. The number of alkyl halides is 1. The van der Waals surface area contributed by atoms with Gasteiger partial charge in [-0.05, 0) is 76.6 Å². The van der Waals surface area contributed by atoms with E-state index in [-0.39, 0.29) is 0 Å². The van der Waals surface area contributed by atoms with Crippen LogP contribution >= 0.6 is 15.9 Å². The van der Waals surface area contributed by atoms with Crippen LogP contribution in [0.3, 0.4) is 0 Å². The fourth-order valence-electron chi connectivity index (χ4n) is 2.10. The molecule has 0 aliphatic heterocycles. The molecule has 0 bridgehead atoms. The van der Waals surface area contributed by atoms with Gasteiger partial charge in [0.25, 0.3) is 0 Å². The number of carbonyl (C=O) groups excluding carboxylic acids is 1. The molecule has 0 heterocycles. The predicted molar refractivity (Wildman–Crippen MR) is 106 cm³/mol. The Kier molecular flexibility index (Phi) is 6.34. The molecular formula is C21H25BrO4. The summed E-state index contributed by atoms with van der Waals surface area (Å²) in [4.78, 5) is 12.3. The minimum Gasteiger partial charge on any atom is -0.476 e. The smallest absolute Gasteiger partial charge is 0.350 e. The largest absolute Gasteiger partial charge is 0.476 e. The minimum absolute atomic E-state index is 0.405. The molecule has 0 amide bonds. The van der Waals surface area contributed by atoms with Crippen molar-refractivity contribution in [2.24, 2.45) is 0 Å². The van der Waals surface area contributed by atoms with E-state index in [2.05, 4.69) is 15.9 Å². The van der Waals surface area contributed by atoms with Gasteiger partial charge in [-0.15, -0.1) is 0 Å². The fraction of sp³-hybridized carbons (Fsp3) is 0.381. The van der Waals surface area contributed by atoms with Gasteiger partial charge in [0.15, 0.2) is 5.60 Å². The molecule has 2 rings (SSSR count). The number of halogens is 1. The lowest BCUT2D eigenvalue weighted by Gasteiger charge is -2.29. The normalized spacial score (nSPS) is 11.8. The Labute approximate surface area is 163 Å². The predicted octanol–water partition coefficient (Wildman–Crippen LogP) is 5.87. The van der Waals surface area contributed by atoms with Crippen LogP contribution in [-0.4, -0.2) is 17.2 Å². The standard InChI is InChI=1S/C21H25BrO4/c1-20(2,3)26-19(23)21(4,5)25-18-12-10-17(11-13-18)24-16-8-6-15(14-22)7-9-16/h6-13H,14H2,1-5H3. The maximum Gasteiger partial charge on any atom is 0.350 e. The third kappa shape index (κ3) is 6.06. The quantitative estimate of drug-likeness (QED) is 0.432. The summed E-state index contributed by atoms with van der Waals surface area (Å²) in [6, 6.07) is 15.0. The molecule has 0 aliphatic carbocycles. The molecule has 0 fully saturated rings. The van der Waals surface area contributed by atoms with Crippen LogP contribution in [0.5, 0.6) is 17.2 Å². The van der Waals surface area contributed by atoms with Crippen molar-refractivity contribution in [3.05, 3.63) is 54.1 Å². The van der Waals surface area contributed by atoms with Gasteiger partial charge in [-0.3, -0.25) is 0 Å². The molecule has 0 saturated carbocycles. The van der Waals surface area contributed by atoms with Crippen molar-refractivity contribution in [3.63, 3.8) is 0 Å². The highest BCUT2D eigenvalue weighted by Gasteiger charge is 2.34. The van der Waals surface area contributed by atoms with E-state index in [1.54, 1.807) is 38.1 Å². The minimum atomic E-state index is -1.08. The second-order valence-electron chi connectivity index (χ2n) is 7.47. The average Bonchev–Trinajstić information content (AvgIpc) is 2.55. The lowest BCUT2D eigenvalue weighted by atomic mass is 10.1. The zero-order chi connectivity index (χ0) is 19.4. The first-order chi connectivity index (χ1) is 12.1. The van der Waals surface area contributed by atoms with Crippen molar-refractivity contribution in [2.75, 3.05) is 0 Å². The van der Waals surface area contributed by atoms with Crippen molar-refractivity contribution in [1.29, 1.82) is 0 Å². The molecule has 0 saturated heterocycles. The number of hydrogen-bond donors (Lipinski definition) is 0. The van der Waals surface area contributed by atoms with Crippen LogP contribution in [0.25, 0.3) is 0 Å². The SMILES string of the molecule is CC(C)(C)OC(=O)C(C)(C)Oc1ccc(Oc2ccc(CBr)cc2)cc1. The van der Waals surface area contributed by atoms with Gasteiger partial charge in [-0.25, -0.2) is 4.79 Å². The number of carbonyl (C=O) groups is 1. The summed E-state index contributed by atoms with van der Waals surface area (Å²) in [6.45, 7) is 8.88. The number of rotatable bonds is 6. The first-order valence-corrected chi connectivity index (χ1v) is 9.56. The number of ether oxygens (including phenoxy) is 3. The maximum atomic E-state index is 12.3. The first-order valence-electron chi connectivity index (χ1n) is 8.44. The van der Waals surface area contributed by atoms with E-state index in [9.17, 15) is 4.79 Å². The molecule has 4 nitrogen and oxygen atoms in total. The summed E-state index contributed by atoms with van der Waals surface area (Å²) in [5.74, 6) is 1.62. The lowest BCUT2D eigenvalue weighted by Crippen LogP contribution is -2.43. The monoisotopic (exact) mass is 420 g/mol. The summed E-state index contributed by atoms with van der Waals surface area (Å²) in [5.41, 5.74) is -0.452. The van der Waals surface area contributed by atoms with Crippen molar-refractivity contribution in [1.82, 2.24) is 0 Å². The van der Waals surface area contributed by atoms with Gasteiger partial charge in [-0.1, -0.05) is 28.1 Å². The molecule has 0 N–H and O–H groups in total. The Bertz CT molecular complexity index is 728. The zero-order valence-electron chi connectivity index (χ0n) is 15.8. The van der Waals surface area contributed by atoms with Crippen LogP contribution in [0.1, 0.15) is 40.2 Å². The topological polar surface area (TPSA) is 44.8 Å². The van der Waals surface area contributed by atoms with E-state index in [1.807, 2.05) is 45.0 Å². The molecule has 0 atom stereocenters. The van der Waals surface area contributed by atoms with Crippen molar-refractivity contribution in [2.45, 2.75) is 51.2 Å². The van der Waals surface area contributed by atoms with E-state index < -0.39 is 17.2 Å².